The van der Waals surface area contributed by atoms with Crippen molar-refractivity contribution in [1.29, 1.82) is 0 Å². The van der Waals surface area contributed by atoms with Gasteiger partial charge in [-0.1, -0.05) is 11.6 Å². The van der Waals surface area contributed by atoms with Crippen LogP contribution in [0.4, 0.5) is 13.2 Å². The van der Waals surface area contributed by atoms with Gasteiger partial charge in [-0.05, 0) is 24.3 Å². The SMILES string of the molecule is Cn1cnc2c(=O)n(-c3ccc(Cl)cc3)c(CCC(F)(F)F)nc21. The van der Waals surface area contributed by atoms with E-state index in [0.717, 1.165) is 4.57 Å². The molecule has 0 spiro atoms. The second-order valence-corrected chi connectivity index (χ2v) is 5.72. The zero-order valence-corrected chi connectivity index (χ0v) is 13.3. The van der Waals surface area contributed by atoms with E-state index in [0.29, 0.717) is 10.7 Å². The van der Waals surface area contributed by atoms with Crippen LogP contribution in [0.3, 0.4) is 0 Å². The van der Waals surface area contributed by atoms with Gasteiger partial charge in [-0.2, -0.15) is 13.2 Å². The number of nitrogens with zero attached hydrogens (tertiary/aromatic N) is 4. The number of rotatable bonds is 3. The second-order valence-electron chi connectivity index (χ2n) is 5.29. The Kier molecular flexibility index (Phi) is 4.08. The molecule has 0 atom stereocenters. The number of aromatic nitrogens is 4. The van der Waals surface area contributed by atoms with Gasteiger partial charge in [-0.3, -0.25) is 9.36 Å². The van der Waals surface area contributed by atoms with Crippen LogP contribution in [0.15, 0.2) is 35.4 Å². The van der Waals surface area contributed by atoms with Crippen LogP contribution in [-0.2, 0) is 13.5 Å². The summed E-state index contributed by atoms with van der Waals surface area (Å²) in [6, 6.07) is 6.22. The summed E-state index contributed by atoms with van der Waals surface area (Å²) in [5, 5.41) is 0.454. The first-order valence-corrected chi connectivity index (χ1v) is 7.40. The largest absolute Gasteiger partial charge is 0.389 e. The maximum Gasteiger partial charge on any atom is 0.389 e. The fourth-order valence-corrected chi connectivity index (χ4v) is 2.51. The highest BCUT2D eigenvalue weighted by atomic mass is 35.5. The molecular weight excluding hydrogens is 345 g/mol. The minimum Gasteiger partial charge on any atom is -0.318 e. The molecule has 3 aromatic rings. The highest BCUT2D eigenvalue weighted by Gasteiger charge is 2.28. The molecule has 9 heteroatoms. The topological polar surface area (TPSA) is 52.7 Å². The summed E-state index contributed by atoms with van der Waals surface area (Å²) < 4.78 is 40.5. The maximum absolute atomic E-state index is 12.7. The number of fused-ring (bicyclic) bond motifs is 1. The fraction of sp³-hybridized carbons (Fsp3) is 0.267. The van der Waals surface area contributed by atoms with Crippen molar-refractivity contribution in [3.8, 4) is 5.69 Å². The lowest BCUT2D eigenvalue weighted by Crippen LogP contribution is -2.25. The molecule has 0 bridgehead atoms. The molecule has 0 saturated heterocycles. The van der Waals surface area contributed by atoms with Gasteiger partial charge in [0.25, 0.3) is 5.56 Å². The molecule has 3 rings (SSSR count). The van der Waals surface area contributed by atoms with Gasteiger partial charge >= 0.3 is 6.18 Å². The van der Waals surface area contributed by atoms with Crippen molar-refractivity contribution in [2.75, 3.05) is 0 Å². The smallest absolute Gasteiger partial charge is 0.318 e. The summed E-state index contributed by atoms with van der Waals surface area (Å²) in [5.74, 6) is 0.0238. The first kappa shape index (κ1) is 16.5. The number of imidazole rings is 1. The molecule has 0 aliphatic carbocycles. The average Bonchev–Trinajstić information content (AvgIpc) is 2.88. The summed E-state index contributed by atoms with van der Waals surface area (Å²) in [7, 11) is 1.63. The van der Waals surface area contributed by atoms with Crippen molar-refractivity contribution in [2.45, 2.75) is 19.0 Å². The summed E-state index contributed by atoms with van der Waals surface area (Å²) in [6.45, 7) is 0. The summed E-state index contributed by atoms with van der Waals surface area (Å²) in [6.07, 6.45) is -4.43. The van der Waals surface area contributed by atoms with Gasteiger partial charge in [0, 0.05) is 18.5 Å². The predicted molar refractivity (Wildman–Crippen MR) is 83.5 cm³/mol. The molecule has 0 saturated carbocycles. The van der Waals surface area contributed by atoms with E-state index in [2.05, 4.69) is 9.97 Å². The Bertz CT molecular complexity index is 944. The van der Waals surface area contributed by atoms with E-state index < -0.39 is 24.6 Å². The first-order valence-electron chi connectivity index (χ1n) is 7.02. The van der Waals surface area contributed by atoms with Gasteiger partial charge in [0.2, 0.25) is 0 Å². The second kappa shape index (κ2) is 5.94. The van der Waals surface area contributed by atoms with E-state index in [1.807, 2.05) is 0 Å². The van der Waals surface area contributed by atoms with Crippen molar-refractivity contribution in [3.63, 3.8) is 0 Å². The van der Waals surface area contributed by atoms with Gasteiger partial charge in [-0.15, -0.1) is 0 Å². The van der Waals surface area contributed by atoms with E-state index in [-0.39, 0.29) is 17.0 Å². The fourth-order valence-electron chi connectivity index (χ4n) is 2.38. The van der Waals surface area contributed by atoms with Crippen molar-refractivity contribution in [1.82, 2.24) is 19.1 Å². The van der Waals surface area contributed by atoms with Crippen molar-refractivity contribution in [2.24, 2.45) is 7.05 Å². The normalized spacial score (nSPS) is 12.0. The molecule has 0 unspecified atom stereocenters. The van der Waals surface area contributed by atoms with Gasteiger partial charge in [-0.25, -0.2) is 9.97 Å². The molecular formula is C15H12ClF3N4O. The molecule has 2 aromatic heterocycles. The quantitative estimate of drug-likeness (QED) is 0.723. The molecule has 24 heavy (non-hydrogen) atoms. The Labute approximate surface area is 139 Å². The lowest BCUT2D eigenvalue weighted by Gasteiger charge is -2.13. The Morgan fingerprint density at radius 1 is 1.21 bits per heavy atom. The van der Waals surface area contributed by atoms with Crippen LogP contribution in [0.25, 0.3) is 16.9 Å². The van der Waals surface area contributed by atoms with E-state index in [1.165, 1.54) is 10.9 Å². The molecule has 1 aromatic carbocycles. The Balaban J connectivity index is 2.22. The van der Waals surface area contributed by atoms with E-state index >= 15 is 0 Å². The minimum atomic E-state index is -4.34. The predicted octanol–water partition coefficient (Wildman–Crippen LogP) is 3.27. The third kappa shape index (κ3) is 3.14. The molecule has 126 valence electrons. The van der Waals surface area contributed by atoms with Crippen LogP contribution in [0.2, 0.25) is 5.02 Å². The van der Waals surface area contributed by atoms with Crippen LogP contribution >= 0.6 is 11.6 Å². The highest BCUT2D eigenvalue weighted by molar-refractivity contribution is 6.30. The zero-order valence-electron chi connectivity index (χ0n) is 12.5. The number of hydrogen-bond donors (Lipinski definition) is 0. The van der Waals surface area contributed by atoms with Crippen LogP contribution in [0.1, 0.15) is 12.2 Å². The molecule has 0 aliphatic rings. The maximum atomic E-state index is 12.7. The standard InChI is InChI=1S/C15H12ClF3N4O/c1-22-8-20-12-13(22)21-11(6-7-15(17,18)19)23(14(12)24)10-4-2-9(16)3-5-10/h2-5,8H,6-7H2,1H3. The number of aryl methyl sites for hydroxylation is 2. The zero-order chi connectivity index (χ0) is 17.5. The lowest BCUT2D eigenvalue weighted by molar-refractivity contribution is -0.134. The number of benzene rings is 1. The van der Waals surface area contributed by atoms with Crippen LogP contribution in [0, 0.1) is 0 Å². The molecule has 0 fully saturated rings. The molecule has 0 N–H and O–H groups in total. The van der Waals surface area contributed by atoms with Crippen LogP contribution in [0.5, 0.6) is 0 Å². The number of hydrogen-bond acceptors (Lipinski definition) is 3. The Hall–Kier alpha value is -2.35. The minimum absolute atomic E-state index is 0.0238. The van der Waals surface area contributed by atoms with E-state index in [4.69, 9.17) is 11.6 Å². The Morgan fingerprint density at radius 3 is 2.50 bits per heavy atom. The molecule has 2 heterocycles. The monoisotopic (exact) mass is 356 g/mol. The molecule has 0 aliphatic heterocycles. The highest BCUT2D eigenvalue weighted by Crippen LogP contribution is 2.23. The number of halogens is 4. The van der Waals surface area contributed by atoms with Gasteiger partial charge in [0.1, 0.15) is 5.82 Å². The van der Waals surface area contributed by atoms with Gasteiger partial charge < -0.3 is 4.57 Å². The van der Waals surface area contributed by atoms with Crippen LogP contribution < -0.4 is 5.56 Å². The summed E-state index contributed by atoms with van der Waals surface area (Å²) in [4.78, 5) is 20.9. The van der Waals surface area contributed by atoms with Crippen molar-refractivity contribution in [3.05, 3.63) is 51.8 Å². The van der Waals surface area contributed by atoms with E-state index in [1.54, 1.807) is 31.3 Å². The first-order chi connectivity index (χ1) is 11.3. The van der Waals surface area contributed by atoms with Gasteiger partial charge in [0.15, 0.2) is 11.2 Å². The average molecular weight is 357 g/mol. The third-order valence-electron chi connectivity index (χ3n) is 3.52. The molecule has 0 radical (unpaired) electrons. The summed E-state index contributed by atoms with van der Waals surface area (Å²) >= 11 is 5.83. The van der Waals surface area contributed by atoms with Crippen molar-refractivity contribution >= 4 is 22.8 Å². The lowest BCUT2D eigenvalue weighted by atomic mass is 10.2. The molecule has 0 amide bonds. The van der Waals surface area contributed by atoms with Crippen LogP contribution in [-0.4, -0.2) is 25.3 Å². The number of alkyl halides is 3. The molecule has 5 nitrogen and oxygen atoms in total. The Morgan fingerprint density at radius 2 is 1.88 bits per heavy atom. The summed E-state index contributed by atoms with van der Waals surface area (Å²) in [5.41, 5.74) is 0.229. The van der Waals surface area contributed by atoms with Gasteiger partial charge in [0.05, 0.1) is 18.4 Å². The van der Waals surface area contributed by atoms with Crippen molar-refractivity contribution < 1.29 is 13.2 Å². The third-order valence-corrected chi connectivity index (χ3v) is 3.77. The van der Waals surface area contributed by atoms with E-state index in [9.17, 15) is 18.0 Å².